The van der Waals surface area contributed by atoms with Crippen LogP contribution in [0.25, 0.3) is 10.9 Å². The Labute approximate surface area is 153 Å². The third-order valence-electron chi connectivity index (χ3n) is 5.71. The molecule has 2 aromatic rings. The number of ether oxygens (including phenoxy) is 1. The van der Waals surface area contributed by atoms with Gasteiger partial charge in [-0.1, -0.05) is 0 Å². The summed E-state index contributed by atoms with van der Waals surface area (Å²) >= 11 is 0. The first-order chi connectivity index (χ1) is 12.4. The van der Waals surface area contributed by atoms with E-state index in [-0.39, 0.29) is 5.41 Å². The largest absolute Gasteiger partial charge is 0.479 e. The summed E-state index contributed by atoms with van der Waals surface area (Å²) in [5.41, 5.74) is 0.908. The van der Waals surface area contributed by atoms with Crippen molar-refractivity contribution in [3.8, 4) is 5.88 Å². The lowest BCUT2D eigenvalue weighted by molar-refractivity contribution is 0.235. The van der Waals surface area contributed by atoms with Crippen LogP contribution in [0.2, 0.25) is 0 Å². The minimum absolute atomic E-state index is 0.179. The van der Waals surface area contributed by atoms with Gasteiger partial charge in [-0.3, -0.25) is 0 Å². The van der Waals surface area contributed by atoms with Gasteiger partial charge in [0.2, 0.25) is 5.88 Å². The van der Waals surface area contributed by atoms with Crippen molar-refractivity contribution in [2.45, 2.75) is 19.3 Å². The van der Waals surface area contributed by atoms with E-state index < -0.39 is 9.92 Å². The molecule has 0 aliphatic carbocycles. The lowest BCUT2D eigenvalue weighted by atomic mass is 9.78. The first-order valence-electron chi connectivity index (χ1n) is 8.79. The highest BCUT2D eigenvalue weighted by Gasteiger charge is 2.42. The van der Waals surface area contributed by atoms with Crippen LogP contribution in [-0.4, -0.2) is 63.0 Å². The van der Waals surface area contributed by atoms with Gasteiger partial charge in [0.15, 0.2) is 0 Å². The summed E-state index contributed by atoms with van der Waals surface area (Å²) in [5, 5.41) is 0.950. The monoisotopic (exact) mass is 376 g/mol. The maximum atomic E-state index is 12.1. The molecule has 0 bridgehead atoms. The number of rotatable bonds is 3. The van der Waals surface area contributed by atoms with Gasteiger partial charge in [-0.05, 0) is 30.7 Å². The summed E-state index contributed by atoms with van der Waals surface area (Å²) in [6, 6.07) is 1.93. The molecule has 140 valence electrons. The molecule has 4 rings (SSSR count). The van der Waals surface area contributed by atoms with Gasteiger partial charge in [0.05, 0.1) is 7.11 Å². The first kappa shape index (κ1) is 17.4. The summed E-state index contributed by atoms with van der Waals surface area (Å²) in [6.07, 6.45) is 7.87. The highest BCUT2D eigenvalue weighted by Crippen LogP contribution is 2.42. The van der Waals surface area contributed by atoms with Gasteiger partial charge in [-0.2, -0.15) is 0 Å². The SMILES string of the molecule is COc1nccc2c(N3CCC4(CC3)CCN(S(C)(=N)=O)C4)ncnc12. The number of fused-ring (bicyclic) bond motifs is 1. The van der Waals surface area contributed by atoms with Crippen LogP contribution in [0.15, 0.2) is 18.6 Å². The minimum Gasteiger partial charge on any atom is -0.479 e. The topological polar surface area (TPSA) is 95.3 Å². The molecule has 0 amide bonds. The molecular formula is C17H24N6O2S. The van der Waals surface area contributed by atoms with Gasteiger partial charge in [0.1, 0.15) is 27.6 Å². The Morgan fingerprint density at radius 2 is 1.92 bits per heavy atom. The summed E-state index contributed by atoms with van der Waals surface area (Å²) in [7, 11) is -1.01. The van der Waals surface area contributed by atoms with Crippen molar-refractivity contribution in [3.05, 3.63) is 18.6 Å². The van der Waals surface area contributed by atoms with Crippen LogP contribution in [0.1, 0.15) is 19.3 Å². The molecule has 2 aromatic heterocycles. The zero-order valence-electron chi connectivity index (χ0n) is 15.1. The molecule has 2 saturated heterocycles. The number of methoxy groups -OCH3 is 1. The van der Waals surface area contributed by atoms with Crippen LogP contribution < -0.4 is 9.64 Å². The molecule has 4 heterocycles. The van der Waals surface area contributed by atoms with Crippen LogP contribution in [0.3, 0.4) is 0 Å². The van der Waals surface area contributed by atoms with Crippen molar-refractivity contribution in [1.29, 1.82) is 4.78 Å². The molecule has 2 aliphatic heterocycles. The molecular weight excluding hydrogens is 352 g/mol. The molecule has 0 radical (unpaired) electrons. The van der Waals surface area contributed by atoms with Crippen molar-refractivity contribution in [1.82, 2.24) is 19.3 Å². The van der Waals surface area contributed by atoms with Crippen LogP contribution in [0.4, 0.5) is 5.82 Å². The van der Waals surface area contributed by atoms with Gasteiger partial charge in [0, 0.05) is 44.0 Å². The fraction of sp³-hybridized carbons (Fsp3) is 0.588. The zero-order valence-corrected chi connectivity index (χ0v) is 16.0. The minimum atomic E-state index is -2.60. The van der Waals surface area contributed by atoms with Gasteiger partial charge in [0.25, 0.3) is 0 Å². The summed E-state index contributed by atoms with van der Waals surface area (Å²) < 4.78 is 27.1. The van der Waals surface area contributed by atoms with Crippen molar-refractivity contribution in [2.75, 3.05) is 44.4 Å². The Kier molecular flexibility index (Phi) is 4.23. The Balaban J connectivity index is 1.55. The number of hydrogen-bond acceptors (Lipinski definition) is 7. The van der Waals surface area contributed by atoms with Crippen LogP contribution in [0.5, 0.6) is 5.88 Å². The van der Waals surface area contributed by atoms with E-state index in [0.29, 0.717) is 5.88 Å². The molecule has 9 heteroatoms. The molecule has 2 aliphatic rings. The summed E-state index contributed by atoms with van der Waals surface area (Å²) in [6.45, 7) is 3.32. The van der Waals surface area contributed by atoms with E-state index in [2.05, 4.69) is 19.9 Å². The second kappa shape index (κ2) is 6.31. The average molecular weight is 376 g/mol. The van der Waals surface area contributed by atoms with Crippen molar-refractivity contribution >= 4 is 26.6 Å². The summed E-state index contributed by atoms with van der Waals surface area (Å²) in [4.78, 5) is 15.4. The fourth-order valence-electron chi connectivity index (χ4n) is 4.14. The maximum absolute atomic E-state index is 12.1. The number of nitrogens with zero attached hydrogens (tertiary/aromatic N) is 5. The molecule has 2 fully saturated rings. The number of hydrogen-bond donors (Lipinski definition) is 1. The van der Waals surface area contributed by atoms with E-state index in [1.165, 1.54) is 6.26 Å². The van der Waals surface area contributed by atoms with Crippen LogP contribution >= 0.6 is 0 Å². The number of anilines is 1. The number of pyridine rings is 1. The van der Waals surface area contributed by atoms with Gasteiger partial charge < -0.3 is 9.64 Å². The highest BCUT2D eigenvalue weighted by molar-refractivity contribution is 7.89. The lowest BCUT2D eigenvalue weighted by Crippen LogP contribution is -2.42. The second-order valence-electron chi connectivity index (χ2n) is 7.32. The van der Waals surface area contributed by atoms with E-state index in [1.807, 2.05) is 10.4 Å². The average Bonchev–Trinajstić information content (AvgIpc) is 3.05. The quantitative estimate of drug-likeness (QED) is 0.879. The van der Waals surface area contributed by atoms with E-state index in [0.717, 1.165) is 62.2 Å². The third-order valence-corrected chi connectivity index (χ3v) is 7.01. The van der Waals surface area contributed by atoms with E-state index >= 15 is 0 Å². The lowest BCUT2D eigenvalue weighted by Gasteiger charge is -2.40. The van der Waals surface area contributed by atoms with Crippen LogP contribution in [0, 0.1) is 10.2 Å². The predicted octanol–water partition coefficient (Wildman–Crippen LogP) is 1.92. The smallest absolute Gasteiger partial charge is 0.240 e. The molecule has 26 heavy (non-hydrogen) atoms. The maximum Gasteiger partial charge on any atom is 0.240 e. The van der Waals surface area contributed by atoms with Gasteiger partial charge in [-0.25, -0.2) is 28.2 Å². The fourth-order valence-corrected chi connectivity index (χ4v) is 5.10. The zero-order chi connectivity index (χ0) is 18.4. The van der Waals surface area contributed by atoms with Gasteiger partial charge >= 0.3 is 0 Å². The third kappa shape index (κ3) is 2.99. The first-order valence-corrected chi connectivity index (χ1v) is 10.7. The second-order valence-corrected chi connectivity index (χ2v) is 9.44. The van der Waals surface area contributed by atoms with Crippen LogP contribution in [-0.2, 0) is 9.92 Å². The Bertz CT molecular complexity index is 924. The molecule has 0 saturated carbocycles. The number of aromatic nitrogens is 3. The Hall–Kier alpha value is -2.00. The molecule has 1 atom stereocenters. The van der Waals surface area contributed by atoms with Gasteiger partial charge in [-0.15, -0.1) is 0 Å². The molecule has 1 spiro atoms. The van der Waals surface area contributed by atoms with E-state index in [1.54, 1.807) is 19.6 Å². The van der Waals surface area contributed by atoms with E-state index in [4.69, 9.17) is 9.52 Å². The van der Waals surface area contributed by atoms with E-state index in [9.17, 15) is 4.21 Å². The molecule has 1 unspecified atom stereocenters. The van der Waals surface area contributed by atoms with Crippen molar-refractivity contribution in [2.24, 2.45) is 5.41 Å². The Morgan fingerprint density at radius 1 is 1.19 bits per heavy atom. The number of nitrogens with one attached hydrogen (secondary N) is 1. The predicted molar refractivity (Wildman–Crippen MR) is 101 cm³/mol. The molecule has 8 nitrogen and oxygen atoms in total. The Morgan fingerprint density at radius 3 is 2.58 bits per heavy atom. The normalized spacial score (nSPS) is 22.6. The molecule has 1 N–H and O–H groups in total. The summed E-state index contributed by atoms with van der Waals surface area (Å²) in [5.74, 6) is 1.43. The standard InChI is InChI=1S/C17H24N6O2S/c1-25-16-14-13(3-7-19-16)15(21-12-20-14)22-8-4-17(5-9-22)6-10-23(11-17)26(2,18)24/h3,7,12,18H,4-6,8-11H2,1-2H3. The highest BCUT2D eigenvalue weighted by atomic mass is 32.2. The molecule has 0 aromatic carbocycles. The van der Waals surface area contributed by atoms with Crippen molar-refractivity contribution < 1.29 is 8.95 Å². The number of piperidine rings is 1. The van der Waals surface area contributed by atoms with Crippen molar-refractivity contribution in [3.63, 3.8) is 0 Å².